The van der Waals surface area contributed by atoms with Gasteiger partial charge in [0.2, 0.25) is 10.0 Å². The molecule has 1 rings (SSSR count). The van der Waals surface area contributed by atoms with Crippen LogP contribution >= 0.6 is 11.8 Å². The molecule has 0 atom stereocenters. The molecule has 0 radical (unpaired) electrons. The Bertz CT molecular complexity index is 506. The molecule has 0 aliphatic rings. The van der Waals surface area contributed by atoms with Crippen molar-refractivity contribution < 1.29 is 12.8 Å². The Hall–Kier alpha value is -0.790. The van der Waals surface area contributed by atoms with Crippen molar-refractivity contribution in [2.45, 2.75) is 24.2 Å². The van der Waals surface area contributed by atoms with E-state index in [0.29, 0.717) is 6.54 Å². The maximum atomic E-state index is 13.5. The molecule has 0 bridgehead atoms. The molecule has 0 fully saturated rings. The molecule has 0 heterocycles. The van der Waals surface area contributed by atoms with Gasteiger partial charge in [0.05, 0.1) is 0 Å². The highest BCUT2D eigenvalue weighted by atomic mass is 32.2. The normalized spacial score (nSPS) is 11.7. The smallest absolute Gasteiger partial charge is 0.243 e. The van der Waals surface area contributed by atoms with E-state index in [0.717, 1.165) is 31.1 Å². The summed E-state index contributed by atoms with van der Waals surface area (Å²) in [6.07, 6.45) is 4.79. The van der Waals surface area contributed by atoms with Crippen LogP contribution in [0.25, 0.3) is 0 Å². The molecule has 0 aliphatic heterocycles. The molecule has 0 amide bonds. The van der Waals surface area contributed by atoms with Crippen molar-refractivity contribution in [1.82, 2.24) is 4.72 Å². The number of rotatable bonds is 8. The van der Waals surface area contributed by atoms with Gasteiger partial charge in [-0.25, -0.2) is 17.5 Å². The van der Waals surface area contributed by atoms with Crippen LogP contribution in [0.3, 0.4) is 0 Å². The SMILES string of the molecule is CSCCCCCNS(=O)(=O)c1ccc(N)cc1F. The van der Waals surface area contributed by atoms with Gasteiger partial charge < -0.3 is 5.73 Å². The maximum Gasteiger partial charge on any atom is 0.243 e. The van der Waals surface area contributed by atoms with Crippen molar-refractivity contribution in [2.75, 3.05) is 24.3 Å². The molecule has 19 heavy (non-hydrogen) atoms. The standard InChI is InChI=1S/C12H19FN2O2S2/c1-18-8-4-2-3-7-15-19(16,17)12-6-5-10(14)9-11(12)13/h5-6,9,15H,2-4,7-8,14H2,1H3. The van der Waals surface area contributed by atoms with Gasteiger partial charge in [0.15, 0.2) is 0 Å². The molecular formula is C12H19FN2O2S2. The molecule has 108 valence electrons. The van der Waals surface area contributed by atoms with E-state index in [4.69, 9.17) is 5.73 Å². The molecule has 0 saturated heterocycles. The number of hydrogen-bond donors (Lipinski definition) is 2. The Kier molecular flexibility index (Phi) is 6.60. The first kappa shape index (κ1) is 16.3. The molecule has 4 nitrogen and oxygen atoms in total. The lowest BCUT2D eigenvalue weighted by atomic mass is 10.2. The molecule has 0 saturated carbocycles. The predicted octanol–water partition coefficient (Wildman–Crippen LogP) is 2.22. The van der Waals surface area contributed by atoms with Gasteiger partial charge in [-0.15, -0.1) is 0 Å². The number of hydrogen-bond acceptors (Lipinski definition) is 4. The Balaban J connectivity index is 2.52. The monoisotopic (exact) mass is 306 g/mol. The Labute approximate surface area is 118 Å². The van der Waals surface area contributed by atoms with E-state index >= 15 is 0 Å². The third-order valence-electron chi connectivity index (χ3n) is 2.56. The second kappa shape index (κ2) is 7.72. The minimum atomic E-state index is -3.79. The molecule has 7 heteroatoms. The molecule has 0 unspecified atom stereocenters. The molecule has 1 aromatic rings. The number of unbranched alkanes of at least 4 members (excludes halogenated alkanes) is 2. The summed E-state index contributed by atoms with van der Waals surface area (Å²) < 4.78 is 39.6. The van der Waals surface area contributed by atoms with Gasteiger partial charge in [-0.3, -0.25) is 0 Å². The van der Waals surface area contributed by atoms with Crippen molar-refractivity contribution in [3.05, 3.63) is 24.0 Å². The fraction of sp³-hybridized carbons (Fsp3) is 0.500. The van der Waals surface area contributed by atoms with E-state index in [1.165, 1.54) is 12.1 Å². The molecule has 1 aromatic carbocycles. The van der Waals surface area contributed by atoms with Gasteiger partial charge in [-0.2, -0.15) is 11.8 Å². The molecule has 3 N–H and O–H groups in total. The summed E-state index contributed by atoms with van der Waals surface area (Å²) in [6.45, 7) is 0.320. The number of nitrogens with one attached hydrogen (secondary N) is 1. The first-order valence-electron chi connectivity index (χ1n) is 6.01. The first-order valence-corrected chi connectivity index (χ1v) is 8.88. The Morgan fingerprint density at radius 1 is 1.32 bits per heavy atom. The van der Waals surface area contributed by atoms with E-state index in [9.17, 15) is 12.8 Å². The number of nitrogens with two attached hydrogens (primary N) is 1. The van der Waals surface area contributed by atoms with Crippen LogP contribution in [-0.2, 0) is 10.0 Å². The van der Waals surface area contributed by atoms with Gasteiger partial charge >= 0.3 is 0 Å². The van der Waals surface area contributed by atoms with Crippen molar-refractivity contribution in [1.29, 1.82) is 0 Å². The zero-order valence-corrected chi connectivity index (χ0v) is 12.5. The van der Waals surface area contributed by atoms with Crippen molar-refractivity contribution in [2.24, 2.45) is 0 Å². The van der Waals surface area contributed by atoms with Crippen molar-refractivity contribution in [3.8, 4) is 0 Å². The summed E-state index contributed by atoms with van der Waals surface area (Å²) in [6, 6.07) is 3.56. The van der Waals surface area contributed by atoms with Crippen LogP contribution in [0.2, 0.25) is 0 Å². The summed E-state index contributed by atoms with van der Waals surface area (Å²) in [5, 5.41) is 0. The van der Waals surface area contributed by atoms with Gasteiger partial charge in [-0.05, 0) is 43.0 Å². The number of sulfonamides is 1. The van der Waals surface area contributed by atoms with Crippen molar-refractivity contribution >= 4 is 27.5 Å². The van der Waals surface area contributed by atoms with E-state index in [2.05, 4.69) is 4.72 Å². The molecule has 0 spiro atoms. The third kappa shape index (κ3) is 5.38. The molecular weight excluding hydrogens is 287 g/mol. The summed E-state index contributed by atoms with van der Waals surface area (Å²) >= 11 is 1.77. The second-order valence-electron chi connectivity index (χ2n) is 4.14. The maximum absolute atomic E-state index is 13.5. The summed E-state index contributed by atoms with van der Waals surface area (Å²) in [4.78, 5) is -0.356. The highest BCUT2D eigenvalue weighted by Gasteiger charge is 2.18. The minimum absolute atomic E-state index is 0.202. The van der Waals surface area contributed by atoms with Crippen LogP contribution in [0.4, 0.5) is 10.1 Å². The lowest BCUT2D eigenvalue weighted by molar-refractivity contribution is 0.554. The van der Waals surface area contributed by atoms with Gasteiger partial charge in [-0.1, -0.05) is 6.42 Å². The number of anilines is 1. The van der Waals surface area contributed by atoms with Gasteiger partial charge in [0.1, 0.15) is 10.7 Å². The Morgan fingerprint density at radius 2 is 2.05 bits per heavy atom. The van der Waals surface area contributed by atoms with Crippen LogP contribution in [0.1, 0.15) is 19.3 Å². The number of thioether (sulfide) groups is 1. The third-order valence-corrected chi connectivity index (χ3v) is 4.75. The van der Waals surface area contributed by atoms with E-state index < -0.39 is 15.8 Å². The number of halogens is 1. The van der Waals surface area contributed by atoms with Crippen LogP contribution in [0.5, 0.6) is 0 Å². The average Bonchev–Trinajstić information content (AvgIpc) is 2.33. The summed E-state index contributed by atoms with van der Waals surface area (Å²) in [5.41, 5.74) is 5.58. The number of nitrogen functional groups attached to an aromatic ring is 1. The summed E-state index contributed by atoms with van der Waals surface area (Å²) in [7, 11) is -3.79. The largest absolute Gasteiger partial charge is 0.399 e. The van der Waals surface area contributed by atoms with E-state index in [-0.39, 0.29) is 10.6 Å². The zero-order chi connectivity index (χ0) is 14.3. The highest BCUT2D eigenvalue weighted by Crippen LogP contribution is 2.16. The lowest BCUT2D eigenvalue weighted by Crippen LogP contribution is -2.25. The fourth-order valence-corrected chi connectivity index (χ4v) is 3.19. The van der Waals surface area contributed by atoms with E-state index in [1.807, 2.05) is 6.26 Å². The molecule has 0 aromatic heterocycles. The van der Waals surface area contributed by atoms with Gasteiger partial charge in [0.25, 0.3) is 0 Å². The summed E-state index contributed by atoms with van der Waals surface area (Å²) in [5.74, 6) is 0.245. The van der Waals surface area contributed by atoms with Crippen LogP contribution < -0.4 is 10.5 Å². The van der Waals surface area contributed by atoms with E-state index in [1.54, 1.807) is 11.8 Å². The van der Waals surface area contributed by atoms with Crippen LogP contribution in [-0.4, -0.2) is 27.0 Å². The van der Waals surface area contributed by atoms with Crippen LogP contribution in [0, 0.1) is 5.82 Å². The number of benzene rings is 1. The minimum Gasteiger partial charge on any atom is -0.399 e. The zero-order valence-electron chi connectivity index (χ0n) is 10.9. The van der Waals surface area contributed by atoms with Crippen LogP contribution in [0.15, 0.2) is 23.1 Å². The lowest BCUT2D eigenvalue weighted by Gasteiger charge is -2.08. The first-order chi connectivity index (χ1) is 8.97. The van der Waals surface area contributed by atoms with Crippen molar-refractivity contribution in [3.63, 3.8) is 0 Å². The second-order valence-corrected chi connectivity index (χ2v) is 6.86. The average molecular weight is 306 g/mol. The highest BCUT2D eigenvalue weighted by molar-refractivity contribution is 7.98. The van der Waals surface area contributed by atoms with Gasteiger partial charge in [0, 0.05) is 12.2 Å². The predicted molar refractivity (Wildman–Crippen MR) is 78.2 cm³/mol. The Morgan fingerprint density at radius 3 is 2.68 bits per heavy atom. The molecule has 0 aliphatic carbocycles. The quantitative estimate of drug-likeness (QED) is 0.570. The fourth-order valence-electron chi connectivity index (χ4n) is 1.57. The topological polar surface area (TPSA) is 72.2 Å².